The molecule has 2 nitrogen and oxygen atoms in total. The number of hydrogen-bond donors (Lipinski definition) is 1. The van der Waals surface area contributed by atoms with E-state index in [-0.39, 0.29) is 5.41 Å². The van der Waals surface area contributed by atoms with Gasteiger partial charge in [0.25, 0.3) is 0 Å². The summed E-state index contributed by atoms with van der Waals surface area (Å²) in [6, 6.07) is 8.62. The summed E-state index contributed by atoms with van der Waals surface area (Å²) in [5.74, 6) is 0.944. The Morgan fingerprint density at radius 3 is 2.37 bits per heavy atom. The quantitative estimate of drug-likeness (QED) is 0.880. The van der Waals surface area contributed by atoms with Crippen LogP contribution in [0.15, 0.2) is 30.5 Å². The minimum Gasteiger partial charge on any atom is -0.365 e. The summed E-state index contributed by atoms with van der Waals surface area (Å²) in [7, 11) is 0. The number of thiophene rings is 1. The first-order valence-electron chi connectivity index (χ1n) is 6.77. The van der Waals surface area contributed by atoms with Crippen molar-refractivity contribution in [3.8, 4) is 0 Å². The molecule has 2 aromatic heterocycles. The zero-order valence-corrected chi connectivity index (χ0v) is 13.0. The molecule has 19 heavy (non-hydrogen) atoms. The predicted molar refractivity (Wildman–Crippen MR) is 84.0 cm³/mol. The van der Waals surface area contributed by atoms with Crippen LogP contribution in [0.25, 0.3) is 0 Å². The first kappa shape index (κ1) is 14.1. The van der Waals surface area contributed by atoms with Crippen molar-refractivity contribution in [1.82, 2.24) is 4.98 Å². The van der Waals surface area contributed by atoms with Crippen molar-refractivity contribution < 1.29 is 0 Å². The largest absolute Gasteiger partial charge is 0.365 e. The van der Waals surface area contributed by atoms with Crippen LogP contribution < -0.4 is 5.32 Å². The van der Waals surface area contributed by atoms with Crippen molar-refractivity contribution in [3.05, 3.63) is 45.8 Å². The molecule has 3 heteroatoms. The van der Waals surface area contributed by atoms with Gasteiger partial charge in [0.05, 0.1) is 6.54 Å². The van der Waals surface area contributed by atoms with Crippen LogP contribution in [0, 0.1) is 0 Å². The summed E-state index contributed by atoms with van der Waals surface area (Å²) < 4.78 is 0. The molecule has 0 saturated carbocycles. The number of nitrogens with one attached hydrogen (secondary N) is 1. The Kier molecular flexibility index (Phi) is 4.25. The Hall–Kier alpha value is -1.35. The van der Waals surface area contributed by atoms with E-state index in [1.807, 2.05) is 17.5 Å². The fourth-order valence-corrected chi connectivity index (χ4v) is 2.72. The number of aryl methyl sites for hydroxylation is 1. The highest BCUT2D eigenvalue weighted by atomic mass is 32.1. The molecule has 0 unspecified atom stereocenters. The van der Waals surface area contributed by atoms with Crippen LogP contribution in [0.3, 0.4) is 0 Å². The van der Waals surface area contributed by atoms with Crippen molar-refractivity contribution in [2.45, 2.75) is 46.1 Å². The molecule has 2 aromatic rings. The lowest BCUT2D eigenvalue weighted by atomic mass is 9.88. The Labute approximate surface area is 119 Å². The van der Waals surface area contributed by atoms with Gasteiger partial charge in [0.2, 0.25) is 0 Å². The number of pyridine rings is 1. The van der Waals surface area contributed by atoms with Gasteiger partial charge in [-0.2, -0.15) is 0 Å². The number of anilines is 1. The first-order valence-corrected chi connectivity index (χ1v) is 7.58. The van der Waals surface area contributed by atoms with Gasteiger partial charge >= 0.3 is 0 Å². The zero-order valence-electron chi connectivity index (χ0n) is 12.2. The third kappa shape index (κ3) is 3.80. The Bertz CT molecular complexity index is 520. The molecule has 0 aliphatic carbocycles. The highest BCUT2D eigenvalue weighted by Gasteiger charge is 2.13. The zero-order chi connectivity index (χ0) is 13.9. The van der Waals surface area contributed by atoms with Gasteiger partial charge in [-0.15, -0.1) is 11.3 Å². The molecular weight excluding hydrogens is 252 g/mol. The van der Waals surface area contributed by atoms with E-state index in [0.29, 0.717) is 0 Å². The maximum absolute atomic E-state index is 4.48. The highest BCUT2D eigenvalue weighted by Crippen LogP contribution is 2.22. The van der Waals surface area contributed by atoms with Crippen molar-refractivity contribution in [2.24, 2.45) is 0 Å². The molecule has 0 bridgehead atoms. The van der Waals surface area contributed by atoms with Crippen LogP contribution in [0.5, 0.6) is 0 Å². The first-order chi connectivity index (χ1) is 8.99. The van der Waals surface area contributed by atoms with E-state index in [2.05, 4.69) is 62.3 Å². The molecule has 0 aliphatic rings. The molecule has 0 saturated heterocycles. The third-order valence-corrected chi connectivity index (χ3v) is 4.37. The molecule has 0 aliphatic heterocycles. The molecule has 0 amide bonds. The maximum Gasteiger partial charge on any atom is 0.126 e. The predicted octanol–water partition coefficient (Wildman–Crippen LogP) is 4.62. The van der Waals surface area contributed by atoms with Crippen LogP contribution in [-0.4, -0.2) is 4.98 Å². The van der Waals surface area contributed by atoms with Gasteiger partial charge < -0.3 is 5.32 Å². The highest BCUT2D eigenvalue weighted by molar-refractivity contribution is 7.12. The van der Waals surface area contributed by atoms with Crippen LogP contribution in [0.2, 0.25) is 0 Å². The SMILES string of the molecule is CCc1ccc(CNc2ccc(C(C)(C)C)cn2)s1. The van der Waals surface area contributed by atoms with E-state index in [1.54, 1.807) is 0 Å². The Balaban J connectivity index is 1.96. The monoisotopic (exact) mass is 274 g/mol. The van der Waals surface area contributed by atoms with Crippen molar-refractivity contribution >= 4 is 17.2 Å². The van der Waals surface area contributed by atoms with E-state index in [9.17, 15) is 0 Å². The summed E-state index contributed by atoms with van der Waals surface area (Å²) in [5, 5.41) is 3.38. The smallest absolute Gasteiger partial charge is 0.126 e. The van der Waals surface area contributed by atoms with Crippen molar-refractivity contribution in [3.63, 3.8) is 0 Å². The van der Waals surface area contributed by atoms with Crippen LogP contribution >= 0.6 is 11.3 Å². The lowest BCUT2D eigenvalue weighted by Gasteiger charge is -2.18. The molecule has 0 fully saturated rings. The van der Waals surface area contributed by atoms with Crippen LogP contribution in [0.1, 0.15) is 43.0 Å². The number of hydrogen-bond acceptors (Lipinski definition) is 3. The van der Waals surface area contributed by atoms with Gasteiger partial charge in [0.15, 0.2) is 0 Å². The Morgan fingerprint density at radius 2 is 1.84 bits per heavy atom. The standard InChI is InChI=1S/C16H22N2S/c1-5-13-7-8-14(19-13)11-18-15-9-6-12(10-17-15)16(2,3)4/h6-10H,5,11H2,1-4H3,(H,17,18). The summed E-state index contributed by atoms with van der Waals surface area (Å²) in [5.41, 5.74) is 1.43. The summed E-state index contributed by atoms with van der Waals surface area (Å²) in [6.45, 7) is 9.65. The average molecular weight is 274 g/mol. The molecule has 0 spiro atoms. The van der Waals surface area contributed by atoms with E-state index in [4.69, 9.17) is 0 Å². The van der Waals surface area contributed by atoms with Gasteiger partial charge in [0.1, 0.15) is 5.82 Å². The molecule has 0 aromatic carbocycles. The summed E-state index contributed by atoms with van der Waals surface area (Å²) in [4.78, 5) is 7.28. The van der Waals surface area contributed by atoms with Gasteiger partial charge in [0, 0.05) is 16.0 Å². The van der Waals surface area contributed by atoms with E-state index in [1.165, 1.54) is 15.3 Å². The van der Waals surface area contributed by atoms with Gasteiger partial charge in [-0.1, -0.05) is 33.8 Å². The molecule has 2 rings (SSSR count). The van der Waals surface area contributed by atoms with Gasteiger partial charge in [-0.25, -0.2) is 4.98 Å². The summed E-state index contributed by atoms with van der Waals surface area (Å²) >= 11 is 1.87. The van der Waals surface area contributed by atoms with Crippen molar-refractivity contribution in [1.29, 1.82) is 0 Å². The lowest BCUT2D eigenvalue weighted by Crippen LogP contribution is -2.11. The van der Waals surface area contributed by atoms with E-state index >= 15 is 0 Å². The number of nitrogens with zero attached hydrogens (tertiary/aromatic N) is 1. The molecular formula is C16H22N2S. The topological polar surface area (TPSA) is 24.9 Å². The van der Waals surface area contributed by atoms with Crippen molar-refractivity contribution in [2.75, 3.05) is 5.32 Å². The van der Waals surface area contributed by atoms with E-state index in [0.717, 1.165) is 18.8 Å². The Morgan fingerprint density at radius 1 is 1.11 bits per heavy atom. The second-order valence-electron chi connectivity index (χ2n) is 5.76. The van der Waals surface area contributed by atoms with Gasteiger partial charge in [-0.3, -0.25) is 0 Å². The fraction of sp³-hybridized carbons (Fsp3) is 0.438. The normalized spacial score (nSPS) is 11.6. The maximum atomic E-state index is 4.48. The van der Waals surface area contributed by atoms with Crippen LogP contribution in [-0.2, 0) is 18.4 Å². The third-order valence-electron chi connectivity index (χ3n) is 3.14. The second-order valence-corrected chi connectivity index (χ2v) is 7.01. The molecule has 0 atom stereocenters. The number of aromatic nitrogens is 1. The molecule has 0 radical (unpaired) electrons. The fourth-order valence-electron chi connectivity index (χ4n) is 1.83. The van der Waals surface area contributed by atoms with E-state index < -0.39 is 0 Å². The average Bonchev–Trinajstić information content (AvgIpc) is 2.84. The molecule has 102 valence electrons. The number of rotatable bonds is 4. The second kappa shape index (κ2) is 5.74. The minimum absolute atomic E-state index is 0.162. The van der Waals surface area contributed by atoms with Gasteiger partial charge in [-0.05, 0) is 35.6 Å². The molecule has 2 heterocycles. The minimum atomic E-state index is 0.162. The van der Waals surface area contributed by atoms with Crippen LogP contribution in [0.4, 0.5) is 5.82 Å². The lowest BCUT2D eigenvalue weighted by molar-refractivity contribution is 0.587. The molecule has 1 N–H and O–H groups in total. The summed E-state index contributed by atoms with van der Waals surface area (Å²) in [6.07, 6.45) is 3.08.